The fourth-order valence-electron chi connectivity index (χ4n) is 2.74. The van der Waals surface area contributed by atoms with Gasteiger partial charge in [-0.1, -0.05) is 20.8 Å². The second-order valence-electron chi connectivity index (χ2n) is 6.53. The summed E-state index contributed by atoms with van der Waals surface area (Å²) in [4.78, 5) is 23.2. The normalized spacial score (nSPS) is 28.5. The van der Waals surface area contributed by atoms with Gasteiger partial charge in [-0.2, -0.15) is 5.10 Å². The average Bonchev–Trinajstić information content (AvgIpc) is 3.19. The Morgan fingerprint density at radius 3 is 2.45 bits per heavy atom. The topological polar surface area (TPSA) is 70.6 Å². The molecule has 0 aliphatic heterocycles. The lowest BCUT2D eigenvalue weighted by atomic mass is 9.76. The zero-order valence-electron chi connectivity index (χ0n) is 12.6. The van der Waals surface area contributed by atoms with E-state index in [1.165, 1.54) is 6.42 Å². The first-order chi connectivity index (χ1) is 9.47. The number of carbonyl (C=O) groups excluding carboxylic acids is 2. The van der Waals surface area contributed by atoms with Crippen molar-refractivity contribution in [1.29, 1.82) is 0 Å². The average molecular weight is 279 g/mol. The van der Waals surface area contributed by atoms with Crippen LogP contribution in [-0.4, -0.2) is 23.6 Å². The Labute approximate surface area is 120 Å². The molecule has 0 aromatic heterocycles. The van der Waals surface area contributed by atoms with Gasteiger partial charge in [-0.25, -0.2) is 5.43 Å². The first-order valence-corrected chi connectivity index (χ1v) is 7.64. The smallest absolute Gasteiger partial charge is 0.329 e. The van der Waals surface area contributed by atoms with Crippen LogP contribution in [0.3, 0.4) is 0 Å². The van der Waals surface area contributed by atoms with Gasteiger partial charge in [0.2, 0.25) is 0 Å². The van der Waals surface area contributed by atoms with Crippen LogP contribution >= 0.6 is 0 Å². The molecule has 2 aliphatic carbocycles. The van der Waals surface area contributed by atoms with E-state index in [4.69, 9.17) is 0 Å². The molecule has 2 aliphatic rings. The molecule has 20 heavy (non-hydrogen) atoms. The zero-order chi connectivity index (χ0) is 14.7. The zero-order valence-corrected chi connectivity index (χ0v) is 12.6. The van der Waals surface area contributed by atoms with Gasteiger partial charge in [-0.05, 0) is 43.9 Å². The van der Waals surface area contributed by atoms with Crippen molar-refractivity contribution in [2.75, 3.05) is 0 Å². The molecular weight excluding hydrogens is 254 g/mol. The van der Waals surface area contributed by atoms with Gasteiger partial charge in [0.1, 0.15) is 0 Å². The Morgan fingerprint density at radius 2 is 1.85 bits per heavy atom. The minimum Gasteiger partial charge on any atom is -0.345 e. The summed E-state index contributed by atoms with van der Waals surface area (Å²) in [5, 5.41) is 6.91. The van der Waals surface area contributed by atoms with Crippen LogP contribution in [0.2, 0.25) is 0 Å². The molecule has 0 aromatic rings. The lowest BCUT2D eigenvalue weighted by molar-refractivity contribution is -0.139. The molecular formula is C15H25N3O2. The third-order valence-electron chi connectivity index (χ3n) is 4.18. The highest BCUT2D eigenvalue weighted by molar-refractivity contribution is 6.35. The molecule has 2 amide bonds. The molecule has 0 unspecified atom stereocenters. The third-order valence-corrected chi connectivity index (χ3v) is 4.18. The van der Waals surface area contributed by atoms with E-state index in [1.54, 1.807) is 0 Å². The van der Waals surface area contributed by atoms with Gasteiger partial charge >= 0.3 is 11.8 Å². The largest absolute Gasteiger partial charge is 0.345 e. The van der Waals surface area contributed by atoms with E-state index in [-0.39, 0.29) is 6.04 Å². The molecule has 0 saturated heterocycles. The maximum absolute atomic E-state index is 11.7. The van der Waals surface area contributed by atoms with Crippen LogP contribution in [0.5, 0.6) is 0 Å². The van der Waals surface area contributed by atoms with E-state index in [2.05, 4.69) is 36.6 Å². The molecule has 2 rings (SSSR count). The van der Waals surface area contributed by atoms with Crippen molar-refractivity contribution >= 4 is 17.5 Å². The molecule has 2 saturated carbocycles. The number of hydrogen-bond acceptors (Lipinski definition) is 3. The van der Waals surface area contributed by atoms with Gasteiger partial charge in [-0.15, -0.1) is 0 Å². The number of rotatable bonds is 3. The van der Waals surface area contributed by atoms with Crippen molar-refractivity contribution in [3.8, 4) is 0 Å². The SMILES string of the molecule is CC(C)[C@H]1CC[C@H](C)CC1=NNC(=O)C(=O)NC1CC1. The fraction of sp³-hybridized carbons (Fsp3) is 0.800. The van der Waals surface area contributed by atoms with Crippen molar-refractivity contribution in [2.45, 2.75) is 58.9 Å². The highest BCUT2D eigenvalue weighted by Crippen LogP contribution is 2.31. The Morgan fingerprint density at radius 1 is 1.15 bits per heavy atom. The molecule has 0 bridgehead atoms. The lowest BCUT2D eigenvalue weighted by Crippen LogP contribution is -2.40. The summed E-state index contributed by atoms with van der Waals surface area (Å²) in [5.41, 5.74) is 3.46. The van der Waals surface area contributed by atoms with E-state index in [0.29, 0.717) is 17.8 Å². The van der Waals surface area contributed by atoms with Crippen LogP contribution in [0, 0.1) is 17.8 Å². The van der Waals surface area contributed by atoms with Crippen molar-refractivity contribution in [2.24, 2.45) is 22.9 Å². The number of amides is 2. The minimum absolute atomic E-state index is 0.194. The van der Waals surface area contributed by atoms with Crippen LogP contribution in [-0.2, 0) is 9.59 Å². The second-order valence-corrected chi connectivity index (χ2v) is 6.53. The maximum atomic E-state index is 11.7. The van der Waals surface area contributed by atoms with E-state index in [0.717, 1.165) is 31.4 Å². The standard InChI is InChI=1S/C15H25N3O2/c1-9(2)12-7-4-10(3)8-13(12)17-18-15(20)14(19)16-11-5-6-11/h9-12H,4-8H2,1-3H3,(H,16,19)(H,18,20)/t10-,12+/m0/s1. The van der Waals surface area contributed by atoms with Gasteiger partial charge in [0.15, 0.2) is 0 Å². The van der Waals surface area contributed by atoms with Crippen LogP contribution in [0.25, 0.3) is 0 Å². The first-order valence-electron chi connectivity index (χ1n) is 7.64. The Bertz CT molecular complexity index is 413. The lowest BCUT2D eigenvalue weighted by Gasteiger charge is -2.30. The maximum Gasteiger partial charge on any atom is 0.329 e. The van der Waals surface area contributed by atoms with Crippen molar-refractivity contribution in [3.05, 3.63) is 0 Å². The molecule has 0 radical (unpaired) electrons. The van der Waals surface area contributed by atoms with Gasteiger partial charge in [0, 0.05) is 17.7 Å². The Kier molecular flexibility index (Phi) is 4.78. The second kappa shape index (κ2) is 6.37. The summed E-state index contributed by atoms with van der Waals surface area (Å²) in [7, 11) is 0. The van der Waals surface area contributed by atoms with E-state index in [9.17, 15) is 9.59 Å². The minimum atomic E-state index is -0.648. The molecule has 0 spiro atoms. The predicted molar refractivity (Wildman–Crippen MR) is 78.1 cm³/mol. The highest BCUT2D eigenvalue weighted by atomic mass is 16.2. The van der Waals surface area contributed by atoms with Gasteiger partial charge in [-0.3, -0.25) is 9.59 Å². The first kappa shape index (κ1) is 15.0. The Balaban J connectivity index is 1.92. The van der Waals surface area contributed by atoms with Crippen LogP contribution < -0.4 is 10.7 Å². The quantitative estimate of drug-likeness (QED) is 0.611. The third kappa shape index (κ3) is 4.05. The van der Waals surface area contributed by atoms with Gasteiger partial charge in [0.25, 0.3) is 0 Å². The molecule has 112 valence electrons. The molecule has 5 nitrogen and oxygen atoms in total. The monoisotopic (exact) mass is 279 g/mol. The van der Waals surface area contributed by atoms with Crippen molar-refractivity contribution in [1.82, 2.24) is 10.7 Å². The number of carbonyl (C=O) groups is 2. The predicted octanol–water partition coefficient (Wildman–Crippen LogP) is 1.83. The highest BCUT2D eigenvalue weighted by Gasteiger charge is 2.29. The van der Waals surface area contributed by atoms with E-state index >= 15 is 0 Å². The van der Waals surface area contributed by atoms with Crippen molar-refractivity contribution < 1.29 is 9.59 Å². The molecule has 2 fully saturated rings. The van der Waals surface area contributed by atoms with Gasteiger partial charge in [0.05, 0.1) is 0 Å². The summed E-state index contributed by atoms with van der Waals surface area (Å²) in [6.45, 7) is 6.56. The molecule has 5 heteroatoms. The number of hydrazone groups is 1. The number of nitrogens with zero attached hydrogens (tertiary/aromatic N) is 1. The van der Waals surface area contributed by atoms with Gasteiger partial charge < -0.3 is 5.32 Å². The number of nitrogens with one attached hydrogen (secondary N) is 2. The fourth-order valence-corrected chi connectivity index (χ4v) is 2.74. The summed E-state index contributed by atoms with van der Waals surface area (Å²) in [6, 6.07) is 0.194. The molecule has 0 heterocycles. The van der Waals surface area contributed by atoms with E-state index in [1.807, 2.05) is 0 Å². The summed E-state index contributed by atoms with van der Waals surface area (Å²) in [5.74, 6) is 0.310. The number of hydrogen-bond donors (Lipinski definition) is 2. The molecule has 0 aromatic carbocycles. The summed E-state index contributed by atoms with van der Waals surface area (Å²) >= 11 is 0. The molecule has 2 N–H and O–H groups in total. The van der Waals surface area contributed by atoms with Crippen LogP contribution in [0.1, 0.15) is 52.9 Å². The molecule has 2 atom stereocenters. The van der Waals surface area contributed by atoms with E-state index < -0.39 is 11.8 Å². The summed E-state index contributed by atoms with van der Waals surface area (Å²) in [6.07, 6.45) is 5.17. The van der Waals surface area contributed by atoms with Crippen molar-refractivity contribution in [3.63, 3.8) is 0 Å². The summed E-state index contributed by atoms with van der Waals surface area (Å²) < 4.78 is 0. The Hall–Kier alpha value is -1.39. The van der Waals surface area contributed by atoms with Crippen LogP contribution in [0.15, 0.2) is 5.10 Å². The van der Waals surface area contributed by atoms with Crippen LogP contribution in [0.4, 0.5) is 0 Å².